The first-order valence-corrected chi connectivity index (χ1v) is 11.8. The van der Waals surface area contributed by atoms with Crippen LogP contribution in [0.3, 0.4) is 0 Å². The van der Waals surface area contributed by atoms with Crippen molar-refractivity contribution >= 4 is 16.6 Å². The minimum Gasteiger partial charge on any atom is -0.506 e. The third-order valence-electron chi connectivity index (χ3n) is 6.27. The van der Waals surface area contributed by atoms with E-state index >= 15 is 0 Å². The Morgan fingerprint density at radius 1 is 1.17 bits per heavy atom. The lowest BCUT2D eigenvalue weighted by molar-refractivity contribution is -0.288. The Kier molecular flexibility index (Phi) is 8.92. The number of carbonyl (C=O) groups is 1. The lowest BCUT2D eigenvalue weighted by atomic mass is 9.93. The zero-order valence-corrected chi connectivity index (χ0v) is 20.2. The van der Waals surface area contributed by atoms with Gasteiger partial charge in [0.1, 0.15) is 41.7 Å². The Morgan fingerprint density at radius 3 is 2.51 bits per heavy atom. The number of benzene rings is 2. The normalized spacial score (nSPS) is 25.4. The molecule has 0 saturated carbocycles. The summed E-state index contributed by atoms with van der Waals surface area (Å²) in [5.41, 5.74) is 6.25. The molecule has 194 valence electrons. The summed E-state index contributed by atoms with van der Waals surface area (Å²) < 4.78 is 16.9. The molecule has 0 radical (unpaired) electrons. The minimum atomic E-state index is -1.67. The van der Waals surface area contributed by atoms with E-state index in [0.29, 0.717) is 36.1 Å². The molecule has 1 fully saturated rings. The zero-order valence-electron chi connectivity index (χ0n) is 20.2. The van der Waals surface area contributed by atoms with Crippen LogP contribution in [-0.2, 0) is 4.74 Å². The van der Waals surface area contributed by atoms with Gasteiger partial charge in [0.25, 0.3) is 0 Å². The highest BCUT2D eigenvalue weighted by Crippen LogP contribution is 2.42. The van der Waals surface area contributed by atoms with Crippen LogP contribution in [0.1, 0.15) is 48.5 Å². The predicted molar refractivity (Wildman–Crippen MR) is 128 cm³/mol. The van der Waals surface area contributed by atoms with Crippen molar-refractivity contribution < 1.29 is 44.5 Å². The van der Waals surface area contributed by atoms with Crippen molar-refractivity contribution in [1.82, 2.24) is 0 Å². The van der Waals surface area contributed by atoms with Crippen LogP contribution < -0.4 is 15.2 Å². The van der Waals surface area contributed by atoms with Crippen LogP contribution in [0.25, 0.3) is 10.8 Å². The molecular formula is C25H35NO9. The molecule has 6 atom stereocenters. The average Bonchev–Trinajstić information content (AvgIpc) is 2.82. The average molecular weight is 494 g/mol. The number of Topliss-reactive ketones (excluding diaryl/α,β-unsaturated/α-hetero) is 1. The summed E-state index contributed by atoms with van der Waals surface area (Å²) in [6, 6.07) is 4.85. The Bertz CT molecular complexity index is 1040. The fraction of sp³-hybridized carbons (Fsp3) is 0.560. The molecule has 10 nitrogen and oxygen atoms in total. The number of phenols is 1. The number of ether oxygens (including phenoxy) is 3. The molecule has 10 heteroatoms. The number of hydrogen-bond donors (Lipinski definition) is 6. The number of aromatic hydroxyl groups is 1. The number of aryl methyl sites for hydroxylation is 1. The Morgan fingerprint density at radius 2 is 1.89 bits per heavy atom. The van der Waals surface area contributed by atoms with E-state index in [1.54, 1.807) is 19.1 Å². The topological polar surface area (TPSA) is 172 Å². The molecule has 1 saturated heterocycles. The molecule has 0 aromatic heterocycles. The number of ketones is 1. The van der Waals surface area contributed by atoms with E-state index in [9.17, 15) is 30.3 Å². The molecule has 0 bridgehead atoms. The van der Waals surface area contributed by atoms with Crippen LogP contribution in [0.4, 0.5) is 0 Å². The molecule has 1 aliphatic heterocycles. The molecule has 3 rings (SSSR count). The number of fused-ring (bicyclic) bond motifs is 1. The molecule has 0 aliphatic carbocycles. The number of carbonyl (C=O) groups excluding carboxylic acids is 1. The second kappa shape index (κ2) is 11.5. The van der Waals surface area contributed by atoms with Crippen LogP contribution >= 0.6 is 0 Å². The quantitative estimate of drug-likeness (QED) is 0.264. The van der Waals surface area contributed by atoms with Gasteiger partial charge in [-0.3, -0.25) is 4.79 Å². The highest BCUT2D eigenvalue weighted by Gasteiger charge is 2.47. The van der Waals surface area contributed by atoms with Gasteiger partial charge < -0.3 is 45.5 Å². The Hall–Kier alpha value is -2.47. The van der Waals surface area contributed by atoms with Crippen LogP contribution in [0.5, 0.6) is 17.2 Å². The van der Waals surface area contributed by atoms with E-state index < -0.39 is 36.8 Å². The first kappa shape index (κ1) is 27.1. The van der Waals surface area contributed by atoms with Crippen molar-refractivity contribution in [3.8, 4) is 17.2 Å². The number of rotatable bonds is 10. The van der Waals surface area contributed by atoms with Gasteiger partial charge in [-0.2, -0.15) is 0 Å². The van der Waals surface area contributed by atoms with E-state index in [-0.39, 0.29) is 41.1 Å². The second-order valence-corrected chi connectivity index (χ2v) is 8.87. The van der Waals surface area contributed by atoms with E-state index in [4.69, 9.17) is 19.9 Å². The highest BCUT2D eigenvalue weighted by atomic mass is 16.7. The summed E-state index contributed by atoms with van der Waals surface area (Å²) in [6.07, 6.45) is -7.29. The third-order valence-corrected chi connectivity index (χ3v) is 6.27. The van der Waals surface area contributed by atoms with E-state index in [2.05, 4.69) is 0 Å². The maximum absolute atomic E-state index is 12.7. The molecule has 0 amide bonds. The largest absolute Gasteiger partial charge is 0.506 e. The van der Waals surface area contributed by atoms with Gasteiger partial charge in [0.05, 0.1) is 24.2 Å². The number of nitrogens with two attached hydrogens (primary N) is 1. The smallest absolute Gasteiger partial charge is 0.229 e. The first-order chi connectivity index (χ1) is 16.6. The SMILES string of the molecule is CCCC(=O)c1c(C)cc2cc(OC)cc(O[C@H]3O[C@H]([C@H](O)CCCN)[C@@H](O)[C@H](O)[C@H]3O)c2c1O. The van der Waals surface area contributed by atoms with Crippen LogP contribution in [0, 0.1) is 6.92 Å². The molecule has 2 aromatic carbocycles. The van der Waals surface area contributed by atoms with Crippen molar-refractivity contribution in [3.63, 3.8) is 0 Å². The van der Waals surface area contributed by atoms with Crippen molar-refractivity contribution in [3.05, 3.63) is 29.3 Å². The maximum atomic E-state index is 12.7. The summed E-state index contributed by atoms with van der Waals surface area (Å²) in [6.45, 7) is 3.91. The summed E-state index contributed by atoms with van der Waals surface area (Å²) in [5.74, 6) is -0.0853. The lowest BCUT2D eigenvalue weighted by Gasteiger charge is -2.42. The van der Waals surface area contributed by atoms with Gasteiger partial charge in [-0.1, -0.05) is 13.0 Å². The minimum absolute atomic E-state index is 0.0326. The van der Waals surface area contributed by atoms with Gasteiger partial charge in [-0.05, 0) is 49.7 Å². The summed E-state index contributed by atoms with van der Waals surface area (Å²) in [4.78, 5) is 12.7. The van der Waals surface area contributed by atoms with Crippen LogP contribution in [-0.4, -0.2) is 81.8 Å². The monoisotopic (exact) mass is 493 g/mol. The molecule has 0 spiro atoms. The van der Waals surface area contributed by atoms with Gasteiger partial charge in [0.15, 0.2) is 5.78 Å². The molecule has 1 heterocycles. The van der Waals surface area contributed by atoms with Crippen LogP contribution in [0.15, 0.2) is 18.2 Å². The van der Waals surface area contributed by atoms with Gasteiger partial charge in [0, 0.05) is 12.5 Å². The first-order valence-electron chi connectivity index (χ1n) is 11.8. The van der Waals surface area contributed by atoms with Crippen molar-refractivity contribution in [2.24, 2.45) is 5.73 Å². The zero-order chi connectivity index (χ0) is 25.9. The molecular weight excluding hydrogens is 458 g/mol. The van der Waals surface area contributed by atoms with Crippen LogP contribution in [0.2, 0.25) is 0 Å². The number of hydrogen-bond acceptors (Lipinski definition) is 10. The lowest BCUT2D eigenvalue weighted by Crippen LogP contribution is -2.62. The van der Waals surface area contributed by atoms with E-state index in [1.165, 1.54) is 13.2 Å². The van der Waals surface area contributed by atoms with E-state index in [0.717, 1.165) is 0 Å². The van der Waals surface area contributed by atoms with Crippen molar-refractivity contribution in [1.29, 1.82) is 0 Å². The Labute approximate surface area is 203 Å². The molecule has 0 unspecified atom stereocenters. The predicted octanol–water partition coefficient (Wildman–Crippen LogP) is 1.13. The second-order valence-electron chi connectivity index (χ2n) is 8.87. The number of aliphatic hydroxyl groups excluding tert-OH is 4. The molecule has 7 N–H and O–H groups in total. The van der Waals surface area contributed by atoms with E-state index in [1.807, 2.05) is 6.92 Å². The molecule has 1 aliphatic rings. The van der Waals surface area contributed by atoms with Crippen molar-refractivity contribution in [2.75, 3.05) is 13.7 Å². The van der Waals surface area contributed by atoms with Crippen molar-refractivity contribution in [2.45, 2.75) is 76.3 Å². The fourth-order valence-electron chi connectivity index (χ4n) is 4.42. The number of phenolic OH excluding ortho intramolecular Hbond substituents is 1. The standard InChI is InChI=1S/C25H35NO9/c1-4-6-15(27)18-12(2)9-13-10-14(33-3)11-17(19(13)20(18)29)34-25-23(32)21(30)22(31)24(35-25)16(28)7-5-8-26/h9-11,16,21-25,28-32H,4-8,26H2,1-3H3/t16-,21+,22+,23-,24-,25+/m1/s1. The summed E-state index contributed by atoms with van der Waals surface area (Å²) in [7, 11) is 1.45. The highest BCUT2D eigenvalue weighted by molar-refractivity contribution is 6.08. The molecule has 2 aromatic rings. The number of methoxy groups -OCH3 is 1. The summed E-state index contributed by atoms with van der Waals surface area (Å²) >= 11 is 0. The number of aliphatic hydroxyl groups is 4. The molecule has 35 heavy (non-hydrogen) atoms. The van der Waals surface area contributed by atoms with Gasteiger partial charge in [-0.25, -0.2) is 0 Å². The van der Waals surface area contributed by atoms with Gasteiger partial charge in [0.2, 0.25) is 6.29 Å². The van der Waals surface area contributed by atoms with Gasteiger partial charge in [-0.15, -0.1) is 0 Å². The maximum Gasteiger partial charge on any atom is 0.229 e. The fourth-order valence-corrected chi connectivity index (χ4v) is 4.42. The third kappa shape index (κ3) is 5.53. The van der Waals surface area contributed by atoms with Gasteiger partial charge >= 0.3 is 0 Å². The Balaban J connectivity index is 2.05. The summed E-state index contributed by atoms with van der Waals surface area (Å²) in [5, 5.41) is 53.6.